The zero-order valence-electron chi connectivity index (χ0n) is 28.3. The van der Waals surface area contributed by atoms with Gasteiger partial charge in [-0.25, -0.2) is 23.5 Å². The molecule has 1 aromatic heterocycles. The van der Waals surface area contributed by atoms with Gasteiger partial charge in [0.2, 0.25) is 11.8 Å². The average molecular weight is 692 g/mol. The summed E-state index contributed by atoms with van der Waals surface area (Å²) in [6.07, 6.45) is 1.63. The maximum absolute atomic E-state index is 14.3. The Kier molecular flexibility index (Phi) is 12.1. The van der Waals surface area contributed by atoms with Gasteiger partial charge in [-0.1, -0.05) is 45.0 Å². The number of hydrogen-bond donors (Lipinski definition) is 2. The topological polar surface area (TPSA) is 140 Å². The van der Waals surface area contributed by atoms with Crippen molar-refractivity contribution in [3.05, 3.63) is 46.8 Å². The van der Waals surface area contributed by atoms with Crippen LogP contribution in [0.1, 0.15) is 84.1 Å². The van der Waals surface area contributed by atoms with Gasteiger partial charge < -0.3 is 19.7 Å². The molecule has 0 bridgehead atoms. The zero-order valence-corrected chi connectivity index (χ0v) is 29.9. The summed E-state index contributed by atoms with van der Waals surface area (Å²) in [5.41, 5.74) is 3.83. The molecule has 47 heavy (non-hydrogen) atoms. The predicted octanol–water partition coefficient (Wildman–Crippen LogP) is 5.33. The molecule has 2 aliphatic heterocycles. The normalized spacial score (nSPS) is 22.3. The Morgan fingerprint density at radius 1 is 1.09 bits per heavy atom. The lowest BCUT2D eigenvalue weighted by molar-refractivity contribution is -0.200. The number of aryl methyl sites for hydroxylation is 1. The smallest absolute Gasteiger partial charge is 0.408 e. The van der Waals surface area contributed by atoms with E-state index in [1.165, 1.54) is 21.8 Å². The number of hydrogen-bond acceptors (Lipinski definition) is 9. The molecule has 1 aromatic carbocycles. The average Bonchev–Trinajstić information content (AvgIpc) is 3.47. The van der Waals surface area contributed by atoms with Crippen molar-refractivity contribution >= 4 is 39.1 Å². The molecule has 3 amide bonds. The van der Waals surface area contributed by atoms with E-state index in [-0.39, 0.29) is 37.6 Å². The minimum absolute atomic E-state index is 0.0135. The number of benzene rings is 1. The Balaban J connectivity index is 1.63. The van der Waals surface area contributed by atoms with E-state index in [0.717, 1.165) is 29.7 Å². The number of hydroxylamine groups is 1. The Bertz CT molecular complexity index is 1490. The maximum atomic E-state index is 14.3. The molecule has 4 rings (SSSR count). The van der Waals surface area contributed by atoms with E-state index in [2.05, 4.69) is 17.7 Å². The van der Waals surface area contributed by atoms with Crippen LogP contribution in [0.5, 0.6) is 0 Å². The van der Waals surface area contributed by atoms with Crippen LogP contribution in [-0.4, -0.2) is 74.6 Å². The second kappa shape index (κ2) is 15.5. The molecule has 0 saturated carbocycles. The van der Waals surface area contributed by atoms with Crippen LogP contribution >= 0.6 is 11.3 Å². The quantitative estimate of drug-likeness (QED) is 0.319. The molecule has 0 radical (unpaired) electrons. The number of ether oxygens (including phenoxy) is 2. The molecule has 3 heterocycles. The Hall–Kier alpha value is -3.00. The number of thiophene rings is 1. The molecule has 2 saturated heterocycles. The fraction of sp³-hybridized carbons (Fsp3) is 0.618. The predicted molar refractivity (Wildman–Crippen MR) is 181 cm³/mol. The van der Waals surface area contributed by atoms with E-state index in [1.807, 2.05) is 30.3 Å². The van der Waals surface area contributed by atoms with E-state index >= 15 is 0 Å². The molecular weight excluding hydrogens is 643 g/mol. The highest BCUT2D eigenvalue weighted by Crippen LogP contribution is 2.45. The van der Waals surface area contributed by atoms with Crippen LogP contribution in [0.25, 0.3) is 10.4 Å². The summed E-state index contributed by atoms with van der Waals surface area (Å²) < 4.78 is 38.0. The van der Waals surface area contributed by atoms with Gasteiger partial charge in [0, 0.05) is 35.9 Å². The summed E-state index contributed by atoms with van der Waals surface area (Å²) in [5, 5.41) is 2.68. The summed E-state index contributed by atoms with van der Waals surface area (Å²) in [4.78, 5) is 48.3. The van der Waals surface area contributed by atoms with Crippen LogP contribution in [0.15, 0.2) is 36.4 Å². The van der Waals surface area contributed by atoms with Gasteiger partial charge >= 0.3 is 6.09 Å². The molecule has 260 valence electrons. The molecule has 2 N–H and O–H groups in total. The Morgan fingerprint density at radius 2 is 1.81 bits per heavy atom. The van der Waals surface area contributed by atoms with Crippen molar-refractivity contribution in [2.75, 3.05) is 25.4 Å². The van der Waals surface area contributed by atoms with E-state index in [4.69, 9.17) is 14.3 Å². The highest BCUT2D eigenvalue weighted by atomic mass is 32.2. The number of sulfone groups is 1. The molecule has 2 aromatic rings. The standard InChI is InChI=1S/C34H49N3O8S2/c1-7-24-11-13-25(14-12-24)26-15-16-27(46-26)34(22-28(38)36-45-29-10-8-9-20-43-29)17-18-37(19-21-47(34,41)42)31(39)30(23(2)3)35-32(40)44-33(4,5)6/h11-16,23,29-30H,7-10,17-22H2,1-6H3,(H,35,40)(H,36,38)/t29?,30-,34-/m0/s1. The first-order chi connectivity index (χ1) is 22.1. The van der Waals surface area contributed by atoms with Gasteiger partial charge in [-0.3, -0.25) is 9.59 Å². The van der Waals surface area contributed by atoms with Crippen molar-refractivity contribution < 1.29 is 37.1 Å². The third kappa shape index (κ3) is 9.33. The van der Waals surface area contributed by atoms with Crippen LogP contribution in [0.2, 0.25) is 0 Å². The van der Waals surface area contributed by atoms with Gasteiger partial charge in [-0.2, -0.15) is 0 Å². The van der Waals surface area contributed by atoms with Crippen molar-refractivity contribution in [3.8, 4) is 10.4 Å². The number of rotatable bonds is 10. The maximum Gasteiger partial charge on any atom is 0.408 e. The Labute approximate surface area is 282 Å². The number of carbonyl (C=O) groups is 3. The molecule has 3 atom stereocenters. The van der Waals surface area contributed by atoms with E-state index in [1.54, 1.807) is 40.7 Å². The van der Waals surface area contributed by atoms with Crippen LogP contribution in [0, 0.1) is 5.92 Å². The molecule has 13 heteroatoms. The molecule has 2 fully saturated rings. The van der Waals surface area contributed by atoms with Gasteiger partial charge in [-0.15, -0.1) is 11.3 Å². The minimum atomic E-state index is -4.00. The molecular formula is C34H49N3O8S2. The van der Waals surface area contributed by atoms with Gasteiger partial charge in [-0.05, 0) is 75.6 Å². The van der Waals surface area contributed by atoms with E-state index < -0.39 is 50.4 Å². The first-order valence-corrected chi connectivity index (χ1v) is 18.9. The number of alkyl carbamates (subject to hydrolysis) is 1. The lowest BCUT2D eigenvalue weighted by Crippen LogP contribution is -2.52. The largest absolute Gasteiger partial charge is 0.444 e. The molecule has 0 spiro atoms. The van der Waals surface area contributed by atoms with Crippen molar-refractivity contribution in [1.29, 1.82) is 0 Å². The van der Waals surface area contributed by atoms with Crippen LogP contribution in [0.3, 0.4) is 0 Å². The van der Waals surface area contributed by atoms with Crippen molar-refractivity contribution in [2.45, 2.75) is 103 Å². The fourth-order valence-corrected chi connectivity index (χ4v) is 9.42. The first kappa shape index (κ1) is 36.8. The second-order valence-corrected chi connectivity index (χ2v) is 17.1. The SMILES string of the molecule is CCc1ccc(-c2ccc([C@@]3(CC(=O)NOC4CCCCO4)CCN(C(=O)[C@@H](NC(=O)OC(C)(C)C)C(C)C)CCS3(=O)=O)s2)cc1. The van der Waals surface area contributed by atoms with Gasteiger partial charge in [0.1, 0.15) is 16.4 Å². The van der Waals surface area contributed by atoms with E-state index in [9.17, 15) is 22.8 Å². The summed E-state index contributed by atoms with van der Waals surface area (Å²) in [7, 11) is -4.00. The number of amides is 3. The monoisotopic (exact) mass is 691 g/mol. The highest BCUT2D eigenvalue weighted by molar-refractivity contribution is 7.92. The van der Waals surface area contributed by atoms with Crippen molar-refractivity contribution in [3.63, 3.8) is 0 Å². The number of nitrogens with one attached hydrogen (secondary N) is 2. The summed E-state index contributed by atoms with van der Waals surface area (Å²) >= 11 is 1.34. The molecule has 1 unspecified atom stereocenters. The molecule has 11 nitrogen and oxygen atoms in total. The lowest BCUT2D eigenvalue weighted by Gasteiger charge is -2.32. The lowest BCUT2D eigenvalue weighted by atomic mass is 9.96. The van der Waals surface area contributed by atoms with Gasteiger partial charge in [0.05, 0.1) is 12.2 Å². The van der Waals surface area contributed by atoms with E-state index in [0.29, 0.717) is 17.9 Å². The Morgan fingerprint density at radius 3 is 2.43 bits per heavy atom. The molecule has 2 aliphatic rings. The third-order valence-corrected chi connectivity index (χ3v) is 12.5. The summed E-state index contributed by atoms with van der Waals surface area (Å²) in [6, 6.07) is 10.9. The summed E-state index contributed by atoms with van der Waals surface area (Å²) in [6.45, 7) is 11.4. The van der Waals surface area contributed by atoms with Gasteiger partial charge in [0.15, 0.2) is 16.1 Å². The fourth-order valence-electron chi connectivity index (χ4n) is 5.81. The molecule has 0 aliphatic carbocycles. The minimum Gasteiger partial charge on any atom is -0.444 e. The third-order valence-electron chi connectivity index (χ3n) is 8.52. The zero-order chi connectivity index (χ0) is 34.4. The number of nitrogens with zero attached hydrogens (tertiary/aromatic N) is 1. The van der Waals surface area contributed by atoms with Crippen molar-refractivity contribution in [2.24, 2.45) is 5.92 Å². The number of carbonyl (C=O) groups excluding carboxylic acids is 3. The van der Waals surface area contributed by atoms with Gasteiger partial charge in [0.25, 0.3) is 0 Å². The first-order valence-electron chi connectivity index (χ1n) is 16.4. The van der Waals surface area contributed by atoms with Crippen LogP contribution in [-0.2, 0) is 44.9 Å². The highest BCUT2D eigenvalue weighted by Gasteiger charge is 2.50. The van der Waals surface area contributed by atoms with Crippen molar-refractivity contribution in [1.82, 2.24) is 15.7 Å². The summed E-state index contributed by atoms with van der Waals surface area (Å²) in [5.74, 6) is -1.63. The second-order valence-electron chi connectivity index (χ2n) is 13.6. The van der Waals surface area contributed by atoms with Crippen LogP contribution < -0.4 is 10.8 Å². The van der Waals surface area contributed by atoms with Crippen LogP contribution in [0.4, 0.5) is 4.79 Å².